The number of hydrogen-bond acceptors (Lipinski definition) is 5. The van der Waals surface area contributed by atoms with Gasteiger partial charge in [0.15, 0.2) is 5.82 Å². The van der Waals surface area contributed by atoms with Crippen molar-refractivity contribution in [2.75, 3.05) is 12.0 Å². The van der Waals surface area contributed by atoms with Gasteiger partial charge in [-0.3, -0.25) is 15.6 Å². The molecule has 2 rings (SSSR count). The molecule has 18 heavy (non-hydrogen) atoms. The second-order valence-corrected chi connectivity index (χ2v) is 4.01. The lowest BCUT2D eigenvalue weighted by Gasteiger charge is -2.10. The average molecular weight is 249 g/mol. The van der Waals surface area contributed by atoms with Gasteiger partial charge in [0.25, 0.3) is 0 Å². The van der Waals surface area contributed by atoms with Crippen molar-refractivity contribution in [2.24, 2.45) is 5.92 Å². The number of ether oxygens (including phenoxy) is 1. The third-order valence-electron chi connectivity index (χ3n) is 2.56. The number of pyridine rings is 1. The molecule has 0 atom stereocenters. The van der Waals surface area contributed by atoms with Crippen LogP contribution in [0, 0.1) is 5.92 Å². The van der Waals surface area contributed by atoms with E-state index in [4.69, 9.17) is 4.74 Å². The quantitative estimate of drug-likeness (QED) is 0.603. The Balaban J connectivity index is 2.02. The number of esters is 1. The molecule has 96 valence electrons. The Morgan fingerprint density at radius 2 is 2.28 bits per heavy atom. The number of nitrogens with zero attached hydrogens (tertiary/aromatic N) is 1. The number of aromatic nitrogens is 1. The Bertz CT molecular complexity index is 458. The summed E-state index contributed by atoms with van der Waals surface area (Å²) in [4.78, 5) is 27.1. The smallest absolute Gasteiger partial charge is 0.341 e. The summed E-state index contributed by atoms with van der Waals surface area (Å²) >= 11 is 0. The van der Waals surface area contributed by atoms with E-state index < -0.39 is 5.97 Å². The van der Waals surface area contributed by atoms with Gasteiger partial charge in [0.2, 0.25) is 5.91 Å². The fourth-order valence-electron chi connectivity index (χ4n) is 1.45. The number of carbonyl (C=O) groups excluding carboxylic acids is 2. The highest BCUT2D eigenvalue weighted by molar-refractivity contribution is 5.95. The molecular formula is C12H15N3O3. The van der Waals surface area contributed by atoms with Crippen LogP contribution in [0.1, 0.15) is 30.1 Å². The van der Waals surface area contributed by atoms with Crippen LogP contribution in [-0.2, 0) is 9.53 Å². The van der Waals surface area contributed by atoms with Gasteiger partial charge < -0.3 is 4.74 Å². The maximum atomic E-state index is 11.6. The number of carbonyl (C=O) groups is 2. The van der Waals surface area contributed by atoms with Crippen LogP contribution in [0.3, 0.4) is 0 Å². The molecule has 1 heterocycles. The fourth-order valence-corrected chi connectivity index (χ4v) is 1.45. The van der Waals surface area contributed by atoms with Crippen LogP contribution in [0.15, 0.2) is 18.3 Å². The normalized spacial score (nSPS) is 13.8. The Morgan fingerprint density at radius 3 is 2.94 bits per heavy atom. The second kappa shape index (κ2) is 5.48. The molecule has 0 radical (unpaired) electrons. The Morgan fingerprint density at radius 1 is 1.50 bits per heavy atom. The number of hydrogen-bond donors (Lipinski definition) is 2. The highest BCUT2D eigenvalue weighted by atomic mass is 16.5. The van der Waals surface area contributed by atoms with Crippen LogP contribution in [-0.4, -0.2) is 23.5 Å². The topological polar surface area (TPSA) is 80.3 Å². The van der Waals surface area contributed by atoms with Crippen LogP contribution >= 0.6 is 0 Å². The lowest BCUT2D eigenvalue weighted by Crippen LogP contribution is -2.31. The number of rotatable bonds is 5. The van der Waals surface area contributed by atoms with Gasteiger partial charge in [-0.05, 0) is 31.9 Å². The van der Waals surface area contributed by atoms with Crippen molar-refractivity contribution in [3.8, 4) is 0 Å². The van der Waals surface area contributed by atoms with Crippen molar-refractivity contribution < 1.29 is 14.3 Å². The molecule has 2 N–H and O–H groups in total. The molecule has 0 aromatic carbocycles. The van der Waals surface area contributed by atoms with Crippen LogP contribution in [0.25, 0.3) is 0 Å². The van der Waals surface area contributed by atoms with Gasteiger partial charge in [0.1, 0.15) is 5.56 Å². The zero-order chi connectivity index (χ0) is 13.0. The third kappa shape index (κ3) is 2.97. The molecule has 0 spiro atoms. The summed E-state index contributed by atoms with van der Waals surface area (Å²) < 4.78 is 4.90. The summed E-state index contributed by atoms with van der Waals surface area (Å²) in [6, 6.07) is 3.23. The number of anilines is 1. The monoisotopic (exact) mass is 249 g/mol. The average Bonchev–Trinajstić information content (AvgIpc) is 3.21. The predicted octanol–water partition coefficient (Wildman–Crippen LogP) is 1.11. The Kier molecular flexibility index (Phi) is 3.76. The van der Waals surface area contributed by atoms with Crippen molar-refractivity contribution in [3.05, 3.63) is 23.9 Å². The van der Waals surface area contributed by atoms with E-state index in [9.17, 15) is 9.59 Å². The minimum absolute atomic E-state index is 0.0736. The van der Waals surface area contributed by atoms with Gasteiger partial charge in [0, 0.05) is 12.1 Å². The first-order valence-electron chi connectivity index (χ1n) is 5.90. The lowest BCUT2D eigenvalue weighted by atomic mass is 10.2. The minimum Gasteiger partial charge on any atom is -0.462 e. The SMILES string of the molecule is CCOC(=O)c1cccnc1NNC(=O)C1CC1. The summed E-state index contributed by atoms with van der Waals surface area (Å²) in [7, 11) is 0. The molecule has 1 aromatic heterocycles. The molecule has 0 unspecified atom stereocenters. The molecule has 0 saturated heterocycles. The van der Waals surface area contributed by atoms with Crippen molar-refractivity contribution in [3.63, 3.8) is 0 Å². The van der Waals surface area contributed by atoms with E-state index in [2.05, 4.69) is 15.8 Å². The van der Waals surface area contributed by atoms with E-state index in [1.807, 2.05) is 0 Å². The zero-order valence-corrected chi connectivity index (χ0v) is 10.1. The van der Waals surface area contributed by atoms with E-state index in [1.54, 1.807) is 19.1 Å². The van der Waals surface area contributed by atoms with Crippen molar-refractivity contribution in [1.29, 1.82) is 0 Å². The first kappa shape index (κ1) is 12.3. The van der Waals surface area contributed by atoms with Gasteiger partial charge in [-0.2, -0.15) is 0 Å². The van der Waals surface area contributed by atoms with Crippen LogP contribution in [0.2, 0.25) is 0 Å². The van der Waals surface area contributed by atoms with Crippen LogP contribution in [0.5, 0.6) is 0 Å². The second-order valence-electron chi connectivity index (χ2n) is 4.01. The minimum atomic E-state index is -0.464. The lowest BCUT2D eigenvalue weighted by molar-refractivity contribution is -0.121. The highest BCUT2D eigenvalue weighted by Gasteiger charge is 2.29. The summed E-state index contributed by atoms with van der Waals surface area (Å²) in [6.07, 6.45) is 3.37. The molecule has 1 amide bonds. The molecule has 1 aliphatic rings. The maximum absolute atomic E-state index is 11.6. The van der Waals surface area contributed by atoms with Crippen molar-refractivity contribution in [2.45, 2.75) is 19.8 Å². The van der Waals surface area contributed by atoms with Gasteiger partial charge in [-0.1, -0.05) is 0 Å². The van der Waals surface area contributed by atoms with E-state index in [-0.39, 0.29) is 11.8 Å². The molecule has 6 nitrogen and oxygen atoms in total. The summed E-state index contributed by atoms with van der Waals surface area (Å²) in [6.45, 7) is 2.03. The van der Waals surface area contributed by atoms with Gasteiger partial charge in [-0.25, -0.2) is 9.78 Å². The van der Waals surface area contributed by atoms with E-state index in [0.717, 1.165) is 12.8 Å². The van der Waals surface area contributed by atoms with E-state index in [1.165, 1.54) is 6.20 Å². The number of nitrogens with one attached hydrogen (secondary N) is 2. The molecule has 6 heteroatoms. The van der Waals surface area contributed by atoms with Crippen LogP contribution in [0.4, 0.5) is 5.82 Å². The molecule has 0 aliphatic heterocycles. The number of amides is 1. The Hall–Kier alpha value is -2.11. The zero-order valence-electron chi connectivity index (χ0n) is 10.1. The Labute approximate surface area is 105 Å². The van der Waals surface area contributed by atoms with E-state index in [0.29, 0.717) is 18.0 Å². The van der Waals surface area contributed by atoms with Gasteiger partial charge in [0.05, 0.1) is 6.61 Å². The van der Waals surface area contributed by atoms with Crippen molar-refractivity contribution >= 4 is 17.7 Å². The summed E-state index contributed by atoms with van der Waals surface area (Å²) in [5.41, 5.74) is 5.50. The van der Waals surface area contributed by atoms with Crippen LogP contribution < -0.4 is 10.9 Å². The van der Waals surface area contributed by atoms with Gasteiger partial charge >= 0.3 is 5.97 Å². The first-order valence-corrected chi connectivity index (χ1v) is 5.90. The largest absolute Gasteiger partial charge is 0.462 e. The van der Waals surface area contributed by atoms with Gasteiger partial charge in [-0.15, -0.1) is 0 Å². The molecule has 0 bridgehead atoms. The molecule has 1 fully saturated rings. The third-order valence-corrected chi connectivity index (χ3v) is 2.56. The number of hydrazine groups is 1. The summed E-state index contributed by atoms with van der Waals surface area (Å²) in [5, 5.41) is 0. The fraction of sp³-hybridized carbons (Fsp3) is 0.417. The first-order chi connectivity index (χ1) is 8.72. The maximum Gasteiger partial charge on any atom is 0.341 e. The molecular weight excluding hydrogens is 234 g/mol. The van der Waals surface area contributed by atoms with E-state index >= 15 is 0 Å². The highest BCUT2D eigenvalue weighted by Crippen LogP contribution is 2.28. The predicted molar refractivity (Wildman–Crippen MR) is 64.7 cm³/mol. The molecule has 1 aromatic rings. The molecule has 1 aliphatic carbocycles. The standard InChI is InChI=1S/C12H15N3O3/c1-2-18-12(17)9-4-3-7-13-10(9)14-15-11(16)8-5-6-8/h3-4,7-8H,2,5-6H2,1H3,(H,13,14)(H,15,16). The molecule has 1 saturated carbocycles. The summed E-state index contributed by atoms with van der Waals surface area (Å²) in [5.74, 6) is -0.151. The van der Waals surface area contributed by atoms with Crippen molar-refractivity contribution in [1.82, 2.24) is 10.4 Å².